The summed E-state index contributed by atoms with van der Waals surface area (Å²) in [6, 6.07) is 8.96. The largest absolute Gasteiger partial charge is 0.444 e. The molecule has 0 bridgehead atoms. The molecule has 0 aliphatic heterocycles. The van der Waals surface area contributed by atoms with E-state index in [-0.39, 0.29) is 12.2 Å². The van der Waals surface area contributed by atoms with E-state index in [2.05, 4.69) is 4.98 Å². The standard InChI is InChI=1S/C14H9F3N2O2S/c15-14(16,17)11-8-22-13(20)19(11)6-10-7-21-12(18-10)9-4-2-1-3-5-9/h1-5,7-8H,6H2. The SMILES string of the molecule is O=c1scc(C(F)(F)F)n1Cc1coc(-c2ccccc2)n1. The van der Waals surface area contributed by atoms with Crippen molar-refractivity contribution in [1.29, 1.82) is 0 Å². The maximum atomic E-state index is 12.8. The molecule has 0 amide bonds. The van der Waals surface area contributed by atoms with Crippen LogP contribution < -0.4 is 4.87 Å². The highest BCUT2D eigenvalue weighted by Gasteiger charge is 2.35. The molecule has 0 saturated carbocycles. The number of halogens is 3. The summed E-state index contributed by atoms with van der Waals surface area (Å²) in [6.07, 6.45) is -3.32. The lowest BCUT2D eigenvalue weighted by Gasteiger charge is -2.08. The van der Waals surface area contributed by atoms with Gasteiger partial charge in [-0.05, 0) is 12.1 Å². The molecule has 0 radical (unpaired) electrons. The van der Waals surface area contributed by atoms with Crippen molar-refractivity contribution in [1.82, 2.24) is 9.55 Å². The number of nitrogens with zero attached hydrogens (tertiary/aromatic N) is 2. The second-order valence-electron chi connectivity index (χ2n) is 4.48. The molecule has 0 aliphatic carbocycles. The van der Waals surface area contributed by atoms with Crippen molar-refractivity contribution >= 4 is 11.3 Å². The molecule has 2 heterocycles. The monoisotopic (exact) mass is 326 g/mol. The van der Waals surface area contributed by atoms with Crippen LogP contribution >= 0.6 is 11.3 Å². The summed E-state index contributed by atoms with van der Waals surface area (Å²) in [7, 11) is 0. The van der Waals surface area contributed by atoms with E-state index >= 15 is 0 Å². The predicted molar refractivity (Wildman–Crippen MR) is 74.6 cm³/mol. The molecule has 0 spiro atoms. The molecule has 114 valence electrons. The molecule has 8 heteroatoms. The first-order valence-electron chi connectivity index (χ1n) is 6.20. The minimum atomic E-state index is -4.58. The van der Waals surface area contributed by atoms with Gasteiger partial charge in [0.05, 0.1) is 12.2 Å². The summed E-state index contributed by atoms with van der Waals surface area (Å²) in [4.78, 5) is 15.0. The van der Waals surface area contributed by atoms with Gasteiger partial charge >= 0.3 is 11.0 Å². The number of oxazole rings is 1. The van der Waals surface area contributed by atoms with Crippen LogP contribution in [0, 0.1) is 0 Å². The summed E-state index contributed by atoms with van der Waals surface area (Å²) in [5.41, 5.74) is -0.0147. The molecule has 4 nitrogen and oxygen atoms in total. The van der Waals surface area contributed by atoms with E-state index in [0.29, 0.717) is 27.4 Å². The van der Waals surface area contributed by atoms with Gasteiger partial charge in [0.2, 0.25) is 5.89 Å². The zero-order valence-corrected chi connectivity index (χ0v) is 11.8. The second kappa shape index (κ2) is 5.45. The van der Waals surface area contributed by atoms with Crippen molar-refractivity contribution < 1.29 is 17.6 Å². The Balaban J connectivity index is 1.91. The van der Waals surface area contributed by atoms with E-state index in [4.69, 9.17) is 4.42 Å². The molecule has 3 rings (SSSR count). The molecule has 2 aromatic heterocycles. The lowest BCUT2D eigenvalue weighted by molar-refractivity contribution is -0.143. The van der Waals surface area contributed by atoms with Gasteiger partial charge < -0.3 is 4.42 Å². The van der Waals surface area contributed by atoms with Crippen molar-refractivity contribution in [3.05, 3.63) is 63.0 Å². The third-order valence-electron chi connectivity index (χ3n) is 2.97. The van der Waals surface area contributed by atoms with Gasteiger partial charge in [-0.2, -0.15) is 13.2 Å². The summed E-state index contributed by atoms with van der Waals surface area (Å²) in [5.74, 6) is 0.299. The minimum Gasteiger partial charge on any atom is -0.444 e. The fourth-order valence-electron chi connectivity index (χ4n) is 1.96. The maximum Gasteiger partial charge on any atom is 0.432 e. The average molecular weight is 326 g/mol. The van der Waals surface area contributed by atoms with Crippen molar-refractivity contribution in [3.63, 3.8) is 0 Å². The first kappa shape index (κ1) is 14.6. The lowest BCUT2D eigenvalue weighted by Crippen LogP contribution is -2.22. The van der Waals surface area contributed by atoms with Gasteiger partial charge in [-0.3, -0.25) is 9.36 Å². The van der Waals surface area contributed by atoms with E-state index in [9.17, 15) is 18.0 Å². The van der Waals surface area contributed by atoms with Crippen LogP contribution in [-0.2, 0) is 12.7 Å². The number of rotatable bonds is 3. The zero-order valence-electron chi connectivity index (χ0n) is 11.0. The van der Waals surface area contributed by atoms with E-state index in [0.717, 1.165) is 5.38 Å². The Labute approximate surface area is 126 Å². The van der Waals surface area contributed by atoms with Crippen LogP contribution in [0.2, 0.25) is 0 Å². The Kier molecular flexibility index (Phi) is 3.61. The second-order valence-corrected chi connectivity index (χ2v) is 5.30. The van der Waals surface area contributed by atoms with Crippen molar-refractivity contribution in [2.24, 2.45) is 0 Å². The summed E-state index contributed by atoms with van der Waals surface area (Å²) < 4.78 is 44.4. The normalized spacial score (nSPS) is 11.8. The van der Waals surface area contributed by atoms with Crippen LogP contribution in [0.15, 0.2) is 51.2 Å². The van der Waals surface area contributed by atoms with Crippen LogP contribution in [-0.4, -0.2) is 9.55 Å². The molecule has 1 aromatic carbocycles. The van der Waals surface area contributed by atoms with Crippen LogP contribution in [0.3, 0.4) is 0 Å². The molecule has 3 aromatic rings. The molecular weight excluding hydrogens is 317 g/mol. The topological polar surface area (TPSA) is 48.0 Å². The van der Waals surface area contributed by atoms with Gasteiger partial charge in [0.25, 0.3) is 0 Å². The fourth-order valence-corrected chi connectivity index (χ4v) is 2.72. The number of hydrogen-bond acceptors (Lipinski definition) is 4. The summed E-state index contributed by atoms with van der Waals surface area (Å²) in [6.45, 7) is -0.284. The average Bonchev–Trinajstić information content (AvgIpc) is 3.08. The first-order chi connectivity index (χ1) is 10.4. The maximum absolute atomic E-state index is 12.8. The Bertz CT molecular complexity index is 834. The van der Waals surface area contributed by atoms with Gasteiger partial charge in [0.1, 0.15) is 12.0 Å². The fraction of sp³-hybridized carbons (Fsp3) is 0.143. The molecule has 0 N–H and O–H groups in total. The number of thiazole rings is 1. The van der Waals surface area contributed by atoms with Crippen LogP contribution in [0.25, 0.3) is 11.5 Å². The Hall–Kier alpha value is -2.35. The highest BCUT2D eigenvalue weighted by atomic mass is 32.1. The van der Waals surface area contributed by atoms with Crippen molar-refractivity contribution in [2.45, 2.75) is 12.7 Å². The van der Waals surface area contributed by atoms with Crippen LogP contribution in [0.4, 0.5) is 13.2 Å². The Morgan fingerprint density at radius 2 is 1.95 bits per heavy atom. The van der Waals surface area contributed by atoms with Gasteiger partial charge in [0, 0.05) is 10.9 Å². The van der Waals surface area contributed by atoms with Gasteiger partial charge in [-0.15, -0.1) is 0 Å². The van der Waals surface area contributed by atoms with Crippen molar-refractivity contribution in [3.8, 4) is 11.5 Å². The summed E-state index contributed by atoms with van der Waals surface area (Å²) >= 11 is 0.509. The van der Waals surface area contributed by atoms with E-state index in [1.165, 1.54) is 6.26 Å². The molecule has 0 saturated heterocycles. The number of aromatic nitrogens is 2. The van der Waals surface area contributed by atoms with E-state index in [1.807, 2.05) is 6.07 Å². The highest BCUT2D eigenvalue weighted by molar-refractivity contribution is 7.07. The predicted octanol–water partition coefficient (Wildman–Crippen LogP) is 3.63. The molecule has 0 unspecified atom stereocenters. The Morgan fingerprint density at radius 1 is 1.23 bits per heavy atom. The third kappa shape index (κ3) is 2.82. The smallest absolute Gasteiger partial charge is 0.432 e. The number of hydrogen-bond donors (Lipinski definition) is 0. The molecule has 0 fully saturated rings. The molecule has 0 atom stereocenters. The highest BCUT2D eigenvalue weighted by Crippen LogP contribution is 2.30. The van der Waals surface area contributed by atoms with E-state index in [1.54, 1.807) is 24.3 Å². The molecular formula is C14H9F3N2O2S. The third-order valence-corrected chi connectivity index (χ3v) is 3.73. The number of benzene rings is 1. The first-order valence-corrected chi connectivity index (χ1v) is 7.08. The number of alkyl halides is 3. The van der Waals surface area contributed by atoms with Gasteiger partial charge in [0.15, 0.2) is 0 Å². The van der Waals surface area contributed by atoms with Crippen LogP contribution in [0.5, 0.6) is 0 Å². The van der Waals surface area contributed by atoms with Gasteiger partial charge in [-0.1, -0.05) is 29.5 Å². The Morgan fingerprint density at radius 3 is 2.64 bits per heavy atom. The lowest BCUT2D eigenvalue weighted by atomic mass is 10.2. The summed E-state index contributed by atoms with van der Waals surface area (Å²) in [5, 5.41) is 0.806. The molecule has 0 aliphatic rings. The van der Waals surface area contributed by atoms with Crippen molar-refractivity contribution in [2.75, 3.05) is 0 Å². The zero-order chi connectivity index (χ0) is 15.7. The quantitative estimate of drug-likeness (QED) is 0.738. The minimum absolute atomic E-state index is 0.254. The molecule has 22 heavy (non-hydrogen) atoms. The van der Waals surface area contributed by atoms with E-state index < -0.39 is 16.7 Å². The van der Waals surface area contributed by atoms with Crippen LogP contribution in [0.1, 0.15) is 11.4 Å². The van der Waals surface area contributed by atoms with Gasteiger partial charge in [-0.25, -0.2) is 4.98 Å².